The van der Waals surface area contributed by atoms with Gasteiger partial charge in [0.2, 0.25) is 0 Å². The predicted octanol–water partition coefficient (Wildman–Crippen LogP) is 3.50. The molecule has 2 heteroatoms. The van der Waals surface area contributed by atoms with Gasteiger partial charge in [0.05, 0.1) is 0 Å². The Morgan fingerprint density at radius 2 is 1.30 bits per heavy atom. The molecule has 4 rings (SSSR count). The summed E-state index contributed by atoms with van der Waals surface area (Å²) in [6.07, 6.45) is 0. The number of para-hydroxylation sites is 1. The van der Waals surface area contributed by atoms with E-state index >= 15 is 0 Å². The Balaban J connectivity index is 1.97. The molecule has 1 heterocycles. The van der Waals surface area contributed by atoms with Crippen molar-refractivity contribution in [3.63, 3.8) is 0 Å². The fourth-order valence-corrected chi connectivity index (χ4v) is 5.43. The summed E-state index contributed by atoms with van der Waals surface area (Å²) in [5.41, 5.74) is 3.94. The van der Waals surface area contributed by atoms with Crippen molar-refractivity contribution in [1.29, 1.82) is 0 Å². The van der Waals surface area contributed by atoms with E-state index in [9.17, 15) is 0 Å². The molecule has 1 aromatic heterocycles. The molecule has 0 saturated carbocycles. The Morgan fingerprint density at radius 3 is 2.04 bits per heavy atom. The quantitative estimate of drug-likeness (QED) is 0.492. The molecule has 0 unspecified atom stereocenters. The fraction of sp³-hybridized carbons (Fsp3) is 0.0476. The summed E-state index contributed by atoms with van der Waals surface area (Å²) in [6.45, 7) is 0. The Hall–Kier alpha value is -2.28. The SMILES string of the molecule is Cn1c(-c2ccccc2)c([Se]c2ccccc2)c2ccccc21. The Bertz CT molecular complexity index is 940. The van der Waals surface area contributed by atoms with Crippen molar-refractivity contribution >= 4 is 34.8 Å². The third-order valence-electron chi connectivity index (χ3n) is 4.07. The second-order valence-electron chi connectivity index (χ2n) is 5.54. The molecule has 0 aliphatic rings. The molecule has 0 aliphatic heterocycles. The van der Waals surface area contributed by atoms with Gasteiger partial charge in [0.1, 0.15) is 0 Å². The summed E-state index contributed by atoms with van der Waals surface area (Å²) >= 11 is 0.285. The molecule has 0 amide bonds. The van der Waals surface area contributed by atoms with E-state index in [0.717, 1.165) is 0 Å². The molecule has 3 aromatic carbocycles. The van der Waals surface area contributed by atoms with E-state index in [1.165, 1.54) is 31.1 Å². The van der Waals surface area contributed by atoms with Crippen molar-refractivity contribution in [2.45, 2.75) is 0 Å². The molecule has 0 spiro atoms. The van der Waals surface area contributed by atoms with Crippen LogP contribution >= 0.6 is 0 Å². The minimum atomic E-state index is 0.285. The first-order valence-corrected chi connectivity index (χ1v) is 9.41. The van der Waals surface area contributed by atoms with E-state index < -0.39 is 0 Å². The topological polar surface area (TPSA) is 4.93 Å². The molecule has 0 saturated heterocycles. The van der Waals surface area contributed by atoms with Crippen molar-refractivity contribution in [3.8, 4) is 11.3 Å². The van der Waals surface area contributed by atoms with Crippen LogP contribution in [0.4, 0.5) is 0 Å². The maximum absolute atomic E-state index is 2.34. The van der Waals surface area contributed by atoms with Crippen molar-refractivity contribution < 1.29 is 0 Å². The zero-order valence-corrected chi connectivity index (χ0v) is 14.7. The Kier molecular flexibility index (Phi) is 3.78. The molecular formula is C21H17NSe. The van der Waals surface area contributed by atoms with Crippen LogP contribution in [0.2, 0.25) is 0 Å². The average Bonchev–Trinajstić information content (AvgIpc) is 2.89. The number of aryl methyl sites for hydroxylation is 1. The third kappa shape index (κ3) is 2.61. The molecule has 0 fully saturated rings. The zero-order valence-electron chi connectivity index (χ0n) is 12.9. The van der Waals surface area contributed by atoms with Crippen LogP contribution in [-0.4, -0.2) is 19.5 Å². The molecule has 112 valence electrons. The average molecular weight is 362 g/mol. The number of nitrogens with zero attached hydrogens (tertiary/aromatic N) is 1. The first-order valence-electron chi connectivity index (χ1n) is 7.70. The van der Waals surface area contributed by atoms with Crippen LogP contribution in [-0.2, 0) is 7.05 Å². The van der Waals surface area contributed by atoms with Crippen LogP contribution in [0.5, 0.6) is 0 Å². The summed E-state index contributed by atoms with van der Waals surface area (Å²) in [6, 6.07) is 30.3. The normalized spacial score (nSPS) is 11.0. The van der Waals surface area contributed by atoms with Gasteiger partial charge in [0.25, 0.3) is 0 Å². The standard InChI is InChI=1S/C21H17NSe/c1-22-19-15-9-8-14-18(19)21(23-17-12-6-3-7-13-17)20(22)16-10-4-2-5-11-16/h2-15H,1H3. The number of hydrogen-bond donors (Lipinski definition) is 0. The number of aromatic nitrogens is 1. The Labute approximate surface area is 142 Å². The molecule has 0 atom stereocenters. The van der Waals surface area contributed by atoms with E-state index in [-0.39, 0.29) is 15.0 Å². The molecule has 0 bridgehead atoms. The van der Waals surface area contributed by atoms with Gasteiger partial charge in [0, 0.05) is 0 Å². The molecule has 0 radical (unpaired) electrons. The zero-order chi connectivity index (χ0) is 15.6. The molecule has 4 aromatic rings. The number of benzene rings is 3. The minimum absolute atomic E-state index is 0.285. The molecule has 0 aliphatic carbocycles. The molecular weight excluding hydrogens is 345 g/mol. The fourth-order valence-electron chi connectivity index (χ4n) is 2.99. The molecule has 1 nitrogen and oxygen atoms in total. The van der Waals surface area contributed by atoms with Crippen molar-refractivity contribution in [2.75, 3.05) is 0 Å². The van der Waals surface area contributed by atoms with Gasteiger partial charge in [-0.1, -0.05) is 0 Å². The van der Waals surface area contributed by atoms with Gasteiger partial charge in [-0.05, 0) is 0 Å². The molecule has 0 N–H and O–H groups in total. The van der Waals surface area contributed by atoms with Gasteiger partial charge in [-0.2, -0.15) is 0 Å². The summed E-state index contributed by atoms with van der Waals surface area (Å²) < 4.78 is 5.21. The van der Waals surface area contributed by atoms with Gasteiger partial charge >= 0.3 is 143 Å². The van der Waals surface area contributed by atoms with Crippen LogP contribution < -0.4 is 8.92 Å². The van der Waals surface area contributed by atoms with Gasteiger partial charge in [-0.25, -0.2) is 0 Å². The monoisotopic (exact) mass is 363 g/mol. The van der Waals surface area contributed by atoms with E-state index in [1.807, 2.05) is 0 Å². The number of rotatable bonds is 3. The summed E-state index contributed by atoms with van der Waals surface area (Å²) in [4.78, 5) is 0. The van der Waals surface area contributed by atoms with E-state index in [0.29, 0.717) is 0 Å². The van der Waals surface area contributed by atoms with Crippen LogP contribution in [0.15, 0.2) is 84.9 Å². The van der Waals surface area contributed by atoms with Crippen LogP contribution in [0.25, 0.3) is 22.2 Å². The molecule has 23 heavy (non-hydrogen) atoms. The van der Waals surface area contributed by atoms with Gasteiger partial charge in [-0.15, -0.1) is 0 Å². The van der Waals surface area contributed by atoms with Crippen molar-refractivity contribution in [1.82, 2.24) is 4.57 Å². The van der Waals surface area contributed by atoms with Crippen molar-refractivity contribution in [3.05, 3.63) is 84.9 Å². The number of hydrogen-bond acceptors (Lipinski definition) is 0. The van der Waals surface area contributed by atoms with E-state index in [4.69, 9.17) is 0 Å². The second-order valence-corrected chi connectivity index (χ2v) is 7.81. The Morgan fingerprint density at radius 1 is 0.696 bits per heavy atom. The summed E-state index contributed by atoms with van der Waals surface area (Å²) in [7, 11) is 2.18. The third-order valence-corrected chi connectivity index (χ3v) is 6.43. The summed E-state index contributed by atoms with van der Waals surface area (Å²) in [5.74, 6) is 0. The van der Waals surface area contributed by atoms with Crippen molar-refractivity contribution in [2.24, 2.45) is 7.05 Å². The van der Waals surface area contributed by atoms with Crippen LogP contribution in [0.3, 0.4) is 0 Å². The first kappa shape index (κ1) is 14.3. The van der Waals surface area contributed by atoms with Crippen LogP contribution in [0.1, 0.15) is 0 Å². The second kappa shape index (κ2) is 6.08. The predicted molar refractivity (Wildman–Crippen MR) is 99.8 cm³/mol. The number of fused-ring (bicyclic) bond motifs is 1. The first-order chi connectivity index (χ1) is 11.3. The summed E-state index contributed by atoms with van der Waals surface area (Å²) in [5, 5.41) is 1.37. The van der Waals surface area contributed by atoms with Gasteiger partial charge < -0.3 is 0 Å². The van der Waals surface area contributed by atoms with Crippen LogP contribution in [0, 0.1) is 0 Å². The maximum atomic E-state index is 2.34. The van der Waals surface area contributed by atoms with E-state index in [1.54, 1.807) is 0 Å². The van der Waals surface area contributed by atoms with Gasteiger partial charge in [0.15, 0.2) is 0 Å². The van der Waals surface area contributed by atoms with E-state index in [2.05, 4.69) is 96.5 Å². The van der Waals surface area contributed by atoms with Gasteiger partial charge in [-0.3, -0.25) is 0 Å².